The van der Waals surface area contributed by atoms with Gasteiger partial charge in [0.2, 0.25) is 5.91 Å². The fraction of sp³-hybridized carbons (Fsp3) is 0.533. The lowest BCUT2D eigenvalue weighted by Crippen LogP contribution is -2.39. The molecule has 3 nitrogen and oxygen atoms in total. The first-order valence-electron chi connectivity index (χ1n) is 6.71. The van der Waals surface area contributed by atoms with Crippen molar-refractivity contribution in [3.8, 4) is 0 Å². The van der Waals surface area contributed by atoms with Gasteiger partial charge in [0.1, 0.15) is 0 Å². The minimum Gasteiger partial charge on any atom is -0.353 e. The Morgan fingerprint density at radius 3 is 2.56 bits per heavy atom. The molecule has 2 atom stereocenters. The Labute approximate surface area is 110 Å². The first kappa shape index (κ1) is 14.7. The van der Waals surface area contributed by atoms with Crippen LogP contribution in [0, 0.1) is 5.92 Å². The first-order chi connectivity index (χ1) is 8.67. The Bertz CT molecular complexity index is 347. The van der Waals surface area contributed by atoms with E-state index in [0.29, 0.717) is 6.54 Å². The van der Waals surface area contributed by atoms with E-state index in [2.05, 4.69) is 17.4 Å². The van der Waals surface area contributed by atoms with Crippen LogP contribution in [0.2, 0.25) is 0 Å². The van der Waals surface area contributed by atoms with Gasteiger partial charge in [0.15, 0.2) is 0 Å². The lowest BCUT2D eigenvalue weighted by Gasteiger charge is -2.18. The number of carbonyl (C=O) groups is 1. The van der Waals surface area contributed by atoms with E-state index in [-0.39, 0.29) is 17.9 Å². The van der Waals surface area contributed by atoms with Gasteiger partial charge in [0, 0.05) is 18.5 Å². The van der Waals surface area contributed by atoms with Gasteiger partial charge in [0.05, 0.1) is 0 Å². The fourth-order valence-electron chi connectivity index (χ4n) is 1.92. The van der Waals surface area contributed by atoms with Gasteiger partial charge in [-0.05, 0) is 31.7 Å². The highest BCUT2D eigenvalue weighted by Crippen LogP contribution is 2.06. The lowest BCUT2D eigenvalue weighted by atomic mass is 10.0. The summed E-state index contributed by atoms with van der Waals surface area (Å²) < 4.78 is 0. The quantitative estimate of drug-likeness (QED) is 0.776. The summed E-state index contributed by atoms with van der Waals surface area (Å²) >= 11 is 0. The molecule has 0 aliphatic carbocycles. The Morgan fingerprint density at radius 1 is 1.33 bits per heavy atom. The van der Waals surface area contributed by atoms with E-state index in [1.165, 1.54) is 5.56 Å². The average Bonchev–Trinajstić information content (AvgIpc) is 2.39. The molecular weight excluding hydrogens is 224 g/mol. The van der Waals surface area contributed by atoms with E-state index < -0.39 is 0 Å². The molecule has 0 aromatic heterocycles. The van der Waals surface area contributed by atoms with Crippen molar-refractivity contribution < 1.29 is 4.79 Å². The van der Waals surface area contributed by atoms with E-state index in [1.807, 2.05) is 32.0 Å². The highest BCUT2D eigenvalue weighted by Gasteiger charge is 2.16. The maximum atomic E-state index is 11.8. The van der Waals surface area contributed by atoms with E-state index in [1.54, 1.807) is 0 Å². The lowest BCUT2D eigenvalue weighted by molar-refractivity contribution is -0.125. The third kappa shape index (κ3) is 4.88. The van der Waals surface area contributed by atoms with Crippen LogP contribution in [0.5, 0.6) is 0 Å². The summed E-state index contributed by atoms with van der Waals surface area (Å²) in [6.07, 6.45) is 2.74. The second kappa shape index (κ2) is 7.88. The van der Waals surface area contributed by atoms with Crippen molar-refractivity contribution >= 4 is 5.91 Å². The van der Waals surface area contributed by atoms with Crippen LogP contribution >= 0.6 is 0 Å². The zero-order chi connectivity index (χ0) is 13.4. The number of nitrogens with two attached hydrogens (primary N) is 1. The van der Waals surface area contributed by atoms with Crippen molar-refractivity contribution in [2.24, 2.45) is 11.7 Å². The van der Waals surface area contributed by atoms with Gasteiger partial charge >= 0.3 is 0 Å². The van der Waals surface area contributed by atoms with E-state index >= 15 is 0 Å². The molecular formula is C15H24N2O. The summed E-state index contributed by atoms with van der Waals surface area (Å²) in [5.41, 5.74) is 6.87. The number of benzene rings is 1. The van der Waals surface area contributed by atoms with Crippen molar-refractivity contribution in [1.29, 1.82) is 0 Å². The smallest absolute Gasteiger partial charge is 0.224 e. The third-order valence-electron chi connectivity index (χ3n) is 3.25. The maximum absolute atomic E-state index is 11.8. The molecule has 0 heterocycles. The predicted octanol–water partition coefficient (Wildman–Crippen LogP) is 2.11. The van der Waals surface area contributed by atoms with Gasteiger partial charge in [-0.25, -0.2) is 0 Å². The fourth-order valence-corrected chi connectivity index (χ4v) is 1.92. The van der Waals surface area contributed by atoms with Gasteiger partial charge in [-0.2, -0.15) is 0 Å². The molecule has 0 saturated carbocycles. The topological polar surface area (TPSA) is 55.1 Å². The molecule has 2 unspecified atom stereocenters. The Kier molecular flexibility index (Phi) is 6.44. The van der Waals surface area contributed by atoms with Crippen LogP contribution in [-0.4, -0.2) is 18.5 Å². The highest BCUT2D eigenvalue weighted by atomic mass is 16.1. The van der Waals surface area contributed by atoms with Gasteiger partial charge in [-0.15, -0.1) is 0 Å². The Morgan fingerprint density at radius 2 is 2.00 bits per heavy atom. The highest BCUT2D eigenvalue weighted by molar-refractivity contribution is 5.79. The number of amides is 1. The number of hydrogen-bond acceptors (Lipinski definition) is 2. The van der Waals surface area contributed by atoms with Crippen molar-refractivity contribution in [2.45, 2.75) is 39.2 Å². The summed E-state index contributed by atoms with van der Waals surface area (Å²) in [4.78, 5) is 11.8. The molecule has 1 amide bonds. The minimum absolute atomic E-state index is 0.0517. The Balaban J connectivity index is 2.33. The van der Waals surface area contributed by atoms with Crippen LogP contribution < -0.4 is 11.1 Å². The van der Waals surface area contributed by atoms with E-state index in [0.717, 1.165) is 19.3 Å². The molecule has 1 aromatic carbocycles. The monoisotopic (exact) mass is 248 g/mol. The molecule has 1 rings (SSSR count). The van der Waals surface area contributed by atoms with Gasteiger partial charge in [-0.3, -0.25) is 4.79 Å². The van der Waals surface area contributed by atoms with E-state index in [4.69, 9.17) is 5.73 Å². The first-order valence-corrected chi connectivity index (χ1v) is 6.71. The normalized spacial score (nSPS) is 13.9. The number of rotatable bonds is 7. The zero-order valence-electron chi connectivity index (χ0n) is 11.4. The second-order valence-electron chi connectivity index (χ2n) is 4.77. The summed E-state index contributed by atoms with van der Waals surface area (Å²) in [5, 5.41) is 3.03. The number of nitrogens with one attached hydrogen (secondary N) is 1. The number of hydrogen-bond donors (Lipinski definition) is 2. The summed E-state index contributed by atoms with van der Waals surface area (Å²) in [6, 6.07) is 10.5. The van der Waals surface area contributed by atoms with Gasteiger partial charge in [-0.1, -0.05) is 37.3 Å². The molecule has 0 aliphatic rings. The molecule has 18 heavy (non-hydrogen) atoms. The van der Waals surface area contributed by atoms with Crippen LogP contribution in [0.25, 0.3) is 0 Å². The van der Waals surface area contributed by atoms with Crippen molar-refractivity contribution in [3.63, 3.8) is 0 Å². The molecule has 0 saturated heterocycles. The van der Waals surface area contributed by atoms with Crippen molar-refractivity contribution in [1.82, 2.24) is 5.32 Å². The van der Waals surface area contributed by atoms with Crippen molar-refractivity contribution in [3.05, 3.63) is 35.9 Å². The molecule has 0 aliphatic heterocycles. The van der Waals surface area contributed by atoms with Crippen LogP contribution in [-0.2, 0) is 11.2 Å². The SMILES string of the molecule is CCC(CN)C(=O)NC(C)CCc1ccccc1. The molecule has 0 fully saturated rings. The average molecular weight is 248 g/mol. The molecule has 0 bridgehead atoms. The summed E-state index contributed by atoms with van der Waals surface area (Å²) in [7, 11) is 0. The van der Waals surface area contributed by atoms with Gasteiger partial charge < -0.3 is 11.1 Å². The van der Waals surface area contributed by atoms with Crippen LogP contribution in [0.3, 0.4) is 0 Å². The molecule has 3 heteroatoms. The molecule has 100 valence electrons. The Hall–Kier alpha value is -1.35. The second-order valence-corrected chi connectivity index (χ2v) is 4.77. The van der Waals surface area contributed by atoms with Crippen LogP contribution in [0.15, 0.2) is 30.3 Å². The largest absolute Gasteiger partial charge is 0.353 e. The third-order valence-corrected chi connectivity index (χ3v) is 3.25. The number of aryl methyl sites for hydroxylation is 1. The molecule has 0 radical (unpaired) electrons. The predicted molar refractivity (Wildman–Crippen MR) is 75.2 cm³/mol. The summed E-state index contributed by atoms with van der Waals surface area (Å²) in [5.74, 6) is 0.0322. The number of carbonyl (C=O) groups excluding carboxylic acids is 1. The standard InChI is InChI=1S/C15H24N2O/c1-3-14(11-16)15(18)17-12(2)9-10-13-7-5-4-6-8-13/h4-8,12,14H,3,9-11,16H2,1-2H3,(H,17,18). The minimum atomic E-state index is -0.0517. The zero-order valence-corrected chi connectivity index (χ0v) is 11.4. The summed E-state index contributed by atoms with van der Waals surface area (Å²) in [6.45, 7) is 4.46. The van der Waals surface area contributed by atoms with Gasteiger partial charge in [0.25, 0.3) is 0 Å². The van der Waals surface area contributed by atoms with Crippen molar-refractivity contribution in [2.75, 3.05) is 6.54 Å². The maximum Gasteiger partial charge on any atom is 0.224 e. The van der Waals surface area contributed by atoms with E-state index in [9.17, 15) is 4.79 Å². The van der Waals surface area contributed by atoms with Crippen LogP contribution in [0.4, 0.5) is 0 Å². The van der Waals surface area contributed by atoms with Crippen LogP contribution in [0.1, 0.15) is 32.3 Å². The molecule has 1 aromatic rings. The molecule has 3 N–H and O–H groups in total. The molecule has 0 spiro atoms.